The van der Waals surface area contributed by atoms with E-state index in [1.807, 2.05) is 0 Å². The van der Waals surface area contributed by atoms with Gasteiger partial charge in [0.15, 0.2) is 17.8 Å². The monoisotopic (exact) mass is 231 g/mol. The molecule has 0 radical (unpaired) electrons. The highest BCUT2D eigenvalue weighted by Gasteiger charge is 2.56. The lowest BCUT2D eigenvalue weighted by Gasteiger charge is -2.25. The zero-order valence-corrected chi connectivity index (χ0v) is 9.69. The first-order valence-corrected chi connectivity index (χ1v) is 5.21. The predicted molar refractivity (Wildman–Crippen MR) is 53.3 cm³/mol. The van der Waals surface area contributed by atoms with Crippen molar-refractivity contribution in [3.05, 3.63) is 0 Å². The molecule has 2 aliphatic rings. The number of methoxy groups -OCH3 is 1. The molecule has 3 atom stereocenters. The molecule has 0 amide bonds. The predicted octanol–water partition coefficient (Wildman–Crippen LogP) is -0.245. The maximum absolute atomic E-state index is 11.7. The van der Waals surface area contributed by atoms with Crippen molar-refractivity contribution in [2.75, 3.05) is 13.7 Å². The fourth-order valence-corrected chi connectivity index (χ4v) is 2.03. The van der Waals surface area contributed by atoms with E-state index in [2.05, 4.69) is 0 Å². The molecule has 0 aliphatic carbocycles. The van der Waals surface area contributed by atoms with E-state index in [0.717, 1.165) is 0 Å². The lowest BCUT2D eigenvalue weighted by atomic mass is 10.1. The molecule has 6 nitrogen and oxygen atoms in total. The minimum Gasteiger partial charge on any atom is -0.377 e. The van der Waals surface area contributed by atoms with E-state index in [-0.39, 0.29) is 18.5 Å². The highest BCUT2D eigenvalue weighted by molar-refractivity contribution is 5.88. The van der Waals surface area contributed by atoms with E-state index in [0.29, 0.717) is 6.42 Å². The SMILES string of the molecule is COCC(=O)[C@]1(N)C[C@H]2OC(C)(C)O[C@H]2O1. The quantitative estimate of drug-likeness (QED) is 0.721. The summed E-state index contributed by atoms with van der Waals surface area (Å²) >= 11 is 0. The molecule has 92 valence electrons. The number of carbonyl (C=O) groups excluding carboxylic acids is 1. The second kappa shape index (κ2) is 3.75. The lowest BCUT2D eigenvalue weighted by molar-refractivity contribution is -0.223. The maximum Gasteiger partial charge on any atom is 0.204 e. The molecule has 2 aliphatic heterocycles. The Balaban J connectivity index is 2.03. The van der Waals surface area contributed by atoms with E-state index in [9.17, 15) is 4.79 Å². The number of ketones is 1. The van der Waals surface area contributed by atoms with Crippen LogP contribution in [0.2, 0.25) is 0 Å². The molecule has 2 N–H and O–H groups in total. The van der Waals surface area contributed by atoms with Crippen molar-refractivity contribution in [2.45, 2.75) is 44.2 Å². The van der Waals surface area contributed by atoms with Gasteiger partial charge in [0, 0.05) is 13.5 Å². The van der Waals surface area contributed by atoms with Crippen molar-refractivity contribution in [1.29, 1.82) is 0 Å². The molecule has 0 unspecified atom stereocenters. The van der Waals surface area contributed by atoms with Crippen LogP contribution in [-0.4, -0.2) is 43.4 Å². The molecule has 0 aromatic rings. The highest BCUT2D eigenvalue weighted by Crippen LogP contribution is 2.40. The van der Waals surface area contributed by atoms with Crippen LogP contribution in [0.4, 0.5) is 0 Å². The number of hydrogen-bond donors (Lipinski definition) is 1. The van der Waals surface area contributed by atoms with Gasteiger partial charge in [0.05, 0.1) is 0 Å². The summed E-state index contributed by atoms with van der Waals surface area (Å²) in [6, 6.07) is 0. The topological polar surface area (TPSA) is 80.0 Å². The number of Topliss-reactive ketones (excluding diaryl/α,β-unsaturated/α-hetero) is 1. The van der Waals surface area contributed by atoms with Crippen molar-refractivity contribution >= 4 is 5.78 Å². The van der Waals surface area contributed by atoms with Gasteiger partial charge in [-0.25, -0.2) is 0 Å². The van der Waals surface area contributed by atoms with Gasteiger partial charge in [-0.05, 0) is 13.8 Å². The van der Waals surface area contributed by atoms with Gasteiger partial charge in [0.1, 0.15) is 12.7 Å². The van der Waals surface area contributed by atoms with Gasteiger partial charge in [0.25, 0.3) is 0 Å². The third-order valence-corrected chi connectivity index (χ3v) is 2.72. The van der Waals surface area contributed by atoms with Crippen molar-refractivity contribution < 1.29 is 23.7 Å². The van der Waals surface area contributed by atoms with Crippen molar-refractivity contribution in [3.63, 3.8) is 0 Å². The standard InChI is InChI=1S/C10H17NO5/c1-9(2)14-6-4-10(11,7(12)5-13-3)16-8(6)15-9/h6,8H,4-5,11H2,1-3H3/t6-,8+,10+/m1/s1. The minimum atomic E-state index is -1.35. The second-order valence-corrected chi connectivity index (χ2v) is 4.61. The Morgan fingerprint density at radius 2 is 2.12 bits per heavy atom. The number of ether oxygens (including phenoxy) is 4. The van der Waals surface area contributed by atoms with Crippen LogP contribution in [0.25, 0.3) is 0 Å². The highest BCUT2D eigenvalue weighted by atomic mass is 16.8. The number of rotatable bonds is 3. The summed E-state index contributed by atoms with van der Waals surface area (Å²) in [5.41, 5.74) is 4.51. The normalized spacial score (nSPS) is 41.0. The second-order valence-electron chi connectivity index (χ2n) is 4.61. The number of hydrogen-bond acceptors (Lipinski definition) is 6. The van der Waals surface area contributed by atoms with Crippen LogP contribution in [0.3, 0.4) is 0 Å². The number of nitrogens with two attached hydrogens (primary N) is 1. The summed E-state index contributed by atoms with van der Waals surface area (Å²) in [7, 11) is 1.44. The van der Waals surface area contributed by atoms with Crippen LogP contribution in [0.5, 0.6) is 0 Å². The van der Waals surface area contributed by atoms with Crippen molar-refractivity contribution in [2.24, 2.45) is 5.73 Å². The van der Waals surface area contributed by atoms with Crippen molar-refractivity contribution in [1.82, 2.24) is 0 Å². The van der Waals surface area contributed by atoms with E-state index >= 15 is 0 Å². The Kier molecular flexibility index (Phi) is 2.80. The molecule has 2 heterocycles. The van der Waals surface area contributed by atoms with Crippen molar-refractivity contribution in [3.8, 4) is 0 Å². The summed E-state index contributed by atoms with van der Waals surface area (Å²) in [5.74, 6) is -0.976. The number of fused-ring (bicyclic) bond motifs is 1. The molecule has 2 saturated heterocycles. The smallest absolute Gasteiger partial charge is 0.204 e. The first-order valence-electron chi connectivity index (χ1n) is 5.21. The van der Waals surface area contributed by atoms with Gasteiger partial charge in [0.2, 0.25) is 5.78 Å². The fourth-order valence-electron chi connectivity index (χ4n) is 2.03. The summed E-state index contributed by atoms with van der Waals surface area (Å²) < 4.78 is 21.2. The van der Waals surface area contributed by atoms with Gasteiger partial charge < -0.3 is 18.9 Å². The zero-order chi connectivity index (χ0) is 12.0. The van der Waals surface area contributed by atoms with Crippen LogP contribution in [0, 0.1) is 0 Å². The molecule has 2 rings (SSSR count). The third kappa shape index (κ3) is 1.99. The van der Waals surface area contributed by atoms with Crippen LogP contribution >= 0.6 is 0 Å². The number of carbonyl (C=O) groups is 1. The van der Waals surface area contributed by atoms with E-state index in [4.69, 9.17) is 24.7 Å². The van der Waals surface area contributed by atoms with Crippen LogP contribution in [0.15, 0.2) is 0 Å². The molecular formula is C10H17NO5. The first kappa shape index (κ1) is 11.9. The molecule has 0 saturated carbocycles. The van der Waals surface area contributed by atoms with Crippen LogP contribution in [-0.2, 0) is 23.7 Å². The Labute approximate surface area is 94.0 Å². The van der Waals surface area contributed by atoms with Gasteiger partial charge >= 0.3 is 0 Å². The molecular weight excluding hydrogens is 214 g/mol. The third-order valence-electron chi connectivity index (χ3n) is 2.72. The Morgan fingerprint density at radius 3 is 2.69 bits per heavy atom. The van der Waals surface area contributed by atoms with Gasteiger partial charge in [-0.1, -0.05) is 0 Å². The van der Waals surface area contributed by atoms with Gasteiger partial charge in [-0.2, -0.15) is 0 Å². The Bertz CT molecular complexity index is 288. The average molecular weight is 231 g/mol. The summed E-state index contributed by atoms with van der Waals surface area (Å²) in [6.45, 7) is 3.52. The van der Waals surface area contributed by atoms with Crippen LogP contribution in [0.1, 0.15) is 20.3 Å². The summed E-state index contributed by atoms with van der Waals surface area (Å²) in [4.78, 5) is 11.7. The van der Waals surface area contributed by atoms with Crippen LogP contribution < -0.4 is 5.73 Å². The first-order chi connectivity index (χ1) is 7.36. The molecule has 2 fully saturated rings. The zero-order valence-electron chi connectivity index (χ0n) is 9.69. The fraction of sp³-hybridized carbons (Fsp3) is 0.900. The summed E-state index contributed by atoms with van der Waals surface area (Å²) in [6.07, 6.45) is -0.565. The lowest BCUT2D eigenvalue weighted by Crippen LogP contribution is -2.50. The molecule has 0 bridgehead atoms. The van der Waals surface area contributed by atoms with Gasteiger partial charge in [-0.3, -0.25) is 10.5 Å². The maximum atomic E-state index is 11.7. The molecule has 0 spiro atoms. The average Bonchev–Trinajstić information content (AvgIpc) is 2.55. The van der Waals surface area contributed by atoms with Gasteiger partial charge in [-0.15, -0.1) is 0 Å². The minimum absolute atomic E-state index is 0.0701. The molecule has 0 aromatic heterocycles. The Hall–Kier alpha value is -0.530. The van der Waals surface area contributed by atoms with E-state index in [1.165, 1.54) is 7.11 Å². The summed E-state index contributed by atoms with van der Waals surface area (Å²) in [5, 5.41) is 0. The largest absolute Gasteiger partial charge is 0.377 e. The van der Waals surface area contributed by atoms with E-state index < -0.39 is 17.8 Å². The molecule has 6 heteroatoms. The Morgan fingerprint density at radius 1 is 1.44 bits per heavy atom. The molecule has 16 heavy (non-hydrogen) atoms. The molecule has 0 aromatic carbocycles. The van der Waals surface area contributed by atoms with E-state index in [1.54, 1.807) is 13.8 Å².